The van der Waals surface area contributed by atoms with Crippen LogP contribution in [-0.2, 0) is 24.1 Å². The Morgan fingerprint density at radius 3 is 2.71 bits per heavy atom. The first-order chi connectivity index (χ1) is 11.6. The quantitative estimate of drug-likeness (QED) is 0.778. The summed E-state index contributed by atoms with van der Waals surface area (Å²) in [6.45, 7) is 4.16. The van der Waals surface area contributed by atoms with Crippen LogP contribution in [0.1, 0.15) is 49.4 Å². The summed E-state index contributed by atoms with van der Waals surface area (Å²) in [6, 6.07) is 10.5. The van der Waals surface area contributed by atoms with Crippen LogP contribution < -0.4 is 9.47 Å². The van der Waals surface area contributed by atoms with Crippen LogP contribution in [0.25, 0.3) is 0 Å². The molecule has 2 atom stereocenters. The second kappa shape index (κ2) is 6.04. The molecule has 2 aliphatic rings. The number of benzene rings is 1. The Kier molecular flexibility index (Phi) is 3.87. The molecule has 0 N–H and O–H groups in total. The minimum atomic E-state index is -0.175. The van der Waals surface area contributed by atoms with E-state index in [-0.39, 0.29) is 18.0 Å². The number of aromatic nitrogens is 1. The zero-order valence-corrected chi connectivity index (χ0v) is 14.5. The van der Waals surface area contributed by atoms with Gasteiger partial charge >= 0.3 is 0 Å². The summed E-state index contributed by atoms with van der Waals surface area (Å²) in [5.74, 6) is 0.188. The Balaban J connectivity index is 1.63. The molecule has 4 rings (SSSR count). The molecule has 0 bridgehead atoms. The minimum absolute atomic E-state index is 0.175. The van der Waals surface area contributed by atoms with Gasteiger partial charge in [0.25, 0.3) is 5.91 Å². The number of hydrogen-bond donors (Lipinski definition) is 0. The number of rotatable bonds is 2. The predicted octanol–water partition coefficient (Wildman–Crippen LogP) is 3.39. The summed E-state index contributed by atoms with van der Waals surface area (Å²) in [6.07, 6.45) is 10.1. The molecule has 1 aromatic carbocycles. The van der Waals surface area contributed by atoms with Crippen molar-refractivity contribution in [1.29, 1.82) is 0 Å². The molecule has 0 radical (unpaired) electrons. The number of anilines is 1. The van der Waals surface area contributed by atoms with E-state index < -0.39 is 0 Å². The summed E-state index contributed by atoms with van der Waals surface area (Å²) >= 11 is 0. The van der Waals surface area contributed by atoms with Gasteiger partial charge in [-0.25, -0.2) is 0 Å². The first-order valence-corrected chi connectivity index (χ1v) is 9.08. The van der Waals surface area contributed by atoms with Gasteiger partial charge in [0.2, 0.25) is 6.04 Å². The lowest BCUT2D eigenvalue weighted by molar-refractivity contribution is -0.706. The van der Waals surface area contributed by atoms with Crippen LogP contribution in [-0.4, -0.2) is 11.9 Å². The molecule has 1 aromatic heterocycles. The molecule has 1 amide bonds. The molecule has 0 spiro atoms. The highest BCUT2D eigenvalue weighted by Crippen LogP contribution is 2.33. The minimum Gasteiger partial charge on any atom is -0.303 e. The lowest BCUT2D eigenvalue weighted by Crippen LogP contribution is -2.50. The van der Waals surface area contributed by atoms with Crippen molar-refractivity contribution < 1.29 is 9.36 Å². The summed E-state index contributed by atoms with van der Waals surface area (Å²) in [7, 11) is 0. The fourth-order valence-electron chi connectivity index (χ4n) is 4.16. The number of para-hydroxylation sites is 1. The molecule has 124 valence electrons. The predicted molar refractivity (Wildman–Crippen MR) is 95.1 cm³/mol. The Morgan fingerprint density at radius 2 is 1.88 bits per heavy atom. The van der Waals surface area contributed by atoms with Crippen molar-refractivity contribution in [2.75, 3.05) is 4.90 Å². The maximum absolute atomic E-state index is 13.2. The standard InChI is InChI=1S/C21H25N2O/c1-15-13-18-8-5-6-10-20(18)23(15)21(24)16(2)22-12-11-17-7-3-4-9-19(17)14-22/h5-6,8,10-12,14-16H,3-4,7,9,13H2,1-2H3/q+1/t15-,16-/m0/s1. The molecule has 0 unspecified atom stereocenters. The molecular weight excluding hydrogens is 296 g/mol. The topological polar surface area (TPSA) is 24.2 Å². The largest absolute Gasteiger partial charge is 0.303 e. The van der Waals surface area contributed by atoms with Gasteiger partial charge in [-0.05, 0) is 56.2 Å². The maximum atomic E-state index is 13.2. The fourth-order valence-corrected chi connectivity index (χ4v) is 4.16. The van der Waals surface area contributed by atoms with Crippen LogP contribution in [0, 0.1) is 0 Å². The van der Waals surface area contributed by atoms with Crippen molar-refractivity contribution in [3.05, 3.63) is 59.4 Å². The Morgan fingerprint density at radius 1 is 1.12 bits per heavy atom. The average molecular weight is 321 g/mol. The van der Waals surface area contributed by atoms with Gasteiger partial charge in [-0.3, -0.25) is 4.79 Å². The maximum Gasteiger partial charge on any atom is 0.296 e. The number of amides is 1. The first-order valence-electron chi connectivity index (χ1n) is 9.08. The molecule has 0 saturated carbocycles. The van der Waals surface area contributed by atoms with E-state index >= 15 is 0 Å². The third-order valence-corrected chi connectivity index (χ3v) is 5.56. The van der Waals surface area contributed by atoms with Crippen molar-refractivity contribution >= 4 is 11.6 Å². The van der Waals surface area contributed by atoms with Gasteiger partial charge in [0.1, 0.15) is 0 Å². The van der Waals surface area contributed by atoms with Gasteiger partial charge in [0.05, 0.1) is 0 Å². The van der Waals surface area contributed by atoms with Crippen LogP contribution in [0.3, 0.4) is 0 Å². The highest BCUT2D eigenvalue weighted by Gasteiger charge is 2.36. The summed E-state index contributed by atoms with van der Waals surface area (Å²) in [4.78, 5) is 15.2. The number of hydrogen-bond acceptors (Lipinski definition) is 1. The van der Waals surface area contributed by atoms with Crippen LogP contribution in [0.5, 0.6) is 0 Å². The van der Waals surface area contributed by atoms with Gasteiger partial charge in [0, 0.05) is 30.3 Å². The Bertz CT molecular complexity index is 783. The monoisotopic (exact) mass is 321 g/mol. The Labute approximate surface area is 143 Å². The van der Waals surface area contributed by atoms with E-state index in [4.69, 9.17) is 0 Å². The molecule has 3 nitrogen and oxygen atoms in total. The molecule has 2 heterocycles. The normalized spacial score (nSPS) is 20.4. The first kappa shape index (κ1) is 15.4. The van der Waals surface area contributed by atoms with Crippen molar-refractivity contribution in [1.82, 2.24) is 0 Å². The number of aryl methyl sites for hydroxylation is 2. The third-order valence-electron chi connectivity index (χ3n) is 5.56. The molecule has 1 aliphatic heterocycles. The number of nitrogens with zero attached hydrogens (tertiary/aromatic N) is 2. The van der Waals surface area contributed by atoms with Crippen LogP contribution in [0.4, 0.5) is 5.69 Å². The van der Waals surface area contributed by atoms with E-state index in [1.807, 2.05) is 17.9 Å². The van der Waals surface area contributed by atoms with Crippen molar-refractivity contribution in [2.24, 2.45) is 0 Å². The average Bonchev–Trinajstić information content (AvgIpc) is 2.95. The fraction of sp³-hybridized carbons (Fsp3) is 0.429. The SMILES string of the molecule is C[C@H]1Cc2ccccc2N1C(=O)[C@H](C)[n+]1ccc2c(c1)CCCC2. The third kappa shape index (κ3) is 2.52. The van der Waals surface area contributed by atoms with Crippen molar-refractivity contribution in [3.8, 4) is 0 Å². The molecule has 0 saturated heterocycles. The van der Waals surface area contributed by atoms with Crippen LogP contribution in [0.2, 0.25) is 0 Å². The smallest absolute Gasteiger partial charge is 0.296 e. The number of pyridine rings is 1. The van der Waals surface area contributed by atoms with E-state index in [0.717, 1.165) is 18.5 Å². The second-order valence-corrected chi connectivity index (χ2v) is 7.22. The van der Waals surface area contributed by atoms with Gasteiger partial charge in [-0.15, -0.1) is 0 Å². The van der Waals surface area contributed by atoms with E-state index in [1.165, 1.54) is 36.0 Å². The second-order valence-electron chi connectivity index (χ2n) is 7.22. The highest BCUT2D eigenvalue weighted by molar-refractivity contribution is 5.97. The summed E-state index contributed by atoms with van der Waals surface area (Å²) in [5, 5.41) is 0. The van der Waals surface area contributed by atoms with Crippen molar-refractivity contribution in [3.63, 3.8) is 0 Å². The van der Waals surface area contributed by atoms with E-state index in [1.54, 1.807) is 0 Å². The number of fused-ring (bicyclic) bond motifs is 2. The van der Waals surface area contributed by atoms with Crippen LogP contribution >= 0.6 is 0 Å². The van der Waals surface area contributed by atoms with Gasteiger partial charge in [0.15, 0.2) is 12.4 Å². The van der Waals surface area contributed by atoms with Gasteiger partial charge < -0.3 is 4.90 Å². The van der Waals surface area contributed by atoms with Gasteiger partial charge in [-0.1, -0.05) is 18.2 Å². The lowest BCUT2D eigenvalue weighted by Gasteiger charge is -2.24. The summed E-state index contributed by atoms with van der Waals surface area (Å²) < 4.78 is 2.10. The number of carbonyl (C=O) groups excluding carboxylic acids is 1. The molecule has 24 heavy (non-hydrogen) atoms. The summed E-state index contributed by atoms with van der Waals surface area (Å²) in [5.41, 5.74) is 5.23. The van der Waals surface area contributed by atoms with E-state index in [9.17, 15) is 4.79 Å². The lowest BCUT2D eigenvalue weighted by atomic mass is 9.93. The zero-order valence-electron chi connectivity index (χ0n) is 14.5. The molecule has 1 aliphatic carbocycles. The van der Waals surface area contributed by atoms with E-state index in [2.05, 4.69) is 48.1 Å². The molecule has 2 aromatic rings. The Hall–Kier alpha value is -2.16. The van der Waals surface area contributed by atoms with Crippen molar-refractivity contribution in [2.45, 2.75) is 58.0 Å². The van der Waals surface area contributed by atoms with Crippen LogP contribution in [0.15, 0.2) is 42.7 Å². The molecule has 0 fully saturated rings. The number of carbonyl (C=O) groups is 1. The molecular formula is C21H25N2O+. The zero-order chi connectivity index (χ0) is 16.7. The van der Waals surface area contributed by atoms with Gasteiger partial charge in [-0.2, -0.15) is 4.57 Å². The molecule has 3 heteroatoms. The van der Waals surface area contributed by atoms with E-state index in [0.29, 0.717) is 0 Å². The highest BCUT2D eigenvalue weighted by atomic mass is 16.2.